The number of nitrogens with zero attached hydrogens (tertiary/aromatic N) is 4. The average molecular weight is 429 g/mol. The molecule has 164 valence electrons. The molecule has 6 heteroatoms. The van der Waals surface area contributed by atoms with Crippen LogP contribution in [0.2, 0.25) is 0 Å². The SMILES string of the molecule is Cc1cccc(OCCCCn2c(CN(C)C(=O)c3cccnc3)nc3ccccc32)c1. The molecule has 0 aliphatic heterocycles. The fraction of sp³-hybridized carbons (Fsp3) is 0.269. The standard InChI is InChI=1S/C26H28N4O2/c1-20-9-7-11-22(17-20)32-16-6-5-15-30-24-13-4-3-12-23(24)28-25(30)19-29(2)26(31)21-10-8-14-27-18-21/h3-4,7-14,17-18H,5-6,15-16,19H2,1-2H3. The zero-order valence-electron chi connectivity index (χ0n) is 18.6. The summed E-state index contributed by atoms with van der Waals surface area (Å²) in [7, 11) is 1.80. The summed E-state index contributed by atoms with van der Waals surface area (Å²) in [5, 5.41) is 0. The first-order valence-corrected chi connectivity index (χ1v) is 10.9. The molecule has 0 fully saturated rings. The minimum Gasteiger partial charge on any atom is -0.494 e. The van der Waals surface area contributed by atoms with E-state index < -0.39 is 0 Å². The van der Waals surface area contributed by atoms with Crippen LogP contribution in [0, 0.1) is 6.92 Å². The molecule has 0 bridgehead atoms. The molecular formula is C26H28N4O2. The van der Waals surface area contributed by atoms with Gasteiger partial charge in [-0.15, -0.1) is 0 Å². The molecule has 0 unspecified atom stereocenters. The number of amides is 1. The largest absolute Gasteiger partial charge is 0.494 e. The van der Waals surface area contributed by atoms with Gasteiger partial charge in [0.05, 0.1) is 29.7 Å². The van der Waals surface area contributed by atoms with Gasteiger partial charge in [-0.3, -0.25) is 9.78 Å². The van der Waals surface area contributed by atoms with E-state index in [0.29, 0.717) is 18.7 Å². The van der Waals surface area contributed by atoms with E-state index in [1.807, 2.05) is 30.3 Å². The van der Waals surface area contributed by atoms with Crippen LogP contribution in [-0.2, 0) is 13.1 Å². The van der Waals surface area contributed by atoms with Gasteiger partial charge in [0.1, 0.15) is 11.6 Å². The van der Waals surface area contributed by atoms with E-state index in [0.717, 1.165) is 42.0 Å². The third kappa shape index (κ3) is 5.14. The highest BCUT2D eigenvalue weighted by Gasteiger charge is 2.17. The van der Waals surface area contributed by atoms with Gasteiger partial charge < -0.3 is 14.2 Å². The van der Waals surface area contributed by atoms with Crippen LogP contribution in [0.15, 0.2) is 73.1 Å². The number of para-hydroxylation sites is 2. The topological polar surface area (TPSA) is 60.2 Å². The van der Waals surface area contributed by atoms with Crippen LogP contribution in [0.1, 0.15) is 34.6 Å². The lowest BCUT2D eigenvalue weighted by Crippen LogP contribution is -2.28. The van der Waals surface area contributed by atoms with Gasteiger partial charge in [0.25, 0.3) is 5.91 Å². The number of rotatable bonds is 9. The number of aryl methyl sites for hydroxylation is 2. The van der Waals surface area contributed by atoms with Crippen LogP contribution < -0.4 is 4.74 Å². The Bertz CT molecular complexity index is 1190. The summed E-state index contributed by atoms with van der Waals surface area (Å²) in [4.78, 5) is 23.3. The van der Waals surface area contributed by atoms with E-state index in [2.05, 4.69) is 34.7 Å². The number of carbonyl (C=O) groups is 1. The summed E-state index contributed by atoms with van der Waals surface area (Å²) in [5.74, 6) is 1.73. The molecule has 0 spiro atoms. The molecule has 0 saturated carbocycles. The van der Waals surface area contributed by atoms with Gasteiger partial charge in [0.15, 0.2) is 0 Å². The fourth-order valence-electron chi connectivity index (χ4n) is 3.76. The minimum atomic E-state index is -0.0664. The molecule has 6 nitrogen and oxygen atoms in total. The number of aromatic nitrogens is 3. The number of imidazole rings is 1. The van der Waals surface area contributed by atoms with Gasteiger partial charge in [0, 0.05) is 26.0 Å². The number of pyridine rings is 1. The highest BCUT2D eigenvalue weighted by Crippen LogP contribution is 2.19. The Kier molecular flexibility index (Phi) is 6.80. The second-order valence-corrected chi connectivity index (χ2v) is 7.94. The number of hydrogen-bond acceptors (Lipinski definition) is 4. The zero-order valence-corrected chi connectivity index (χ0v) is 18.6. The summed E-state index contributed by atoms with van der Waals surface area (Å²) in [5.41, 5.74) is 3.80. The van der Waals surface area contributed by atoms with E-state index in [4.69, 9.17) is 9.72 Å². The molecule has 4 aromatic rings. The Morgan fingerprint density at radius 1 is 1.06 bits per heavy atom. The van der Waals surface area contributed by atoms with Gasteiger partial charge in [-0.25, -0.2) is 4.98 Å². The van der Waals surface area contributed by atoms with Crippen molar-refractivity contribution in [2.75, 3.05) is 13.7 Å². The Labute approximate surface area is 188 Å². The number of hydrogen-bond donors (Lipinski definition) is 0. The molecule has 0 N–H and O–H groups in total. The number of carbonyl (C=O) groups excluding carboxylic acids is 1. The maximum atomic E-state index is 12.8. The fourth-order valence-corrected chi connectivity index (χ4v) is 3.76. The van der Waals surface area contributed by atoms with Crippen molar-refractivity contribution in [1.29, 1.82) is 0 Å². The van der Waals surface area contributed by atoms with Crippen molar-refractivity contribution in [2.24, 2.45) is 0 Å². The lowest BCUT2D eigenvalue weighted by molar-refractivity contribution is 0.0779. The van der Waals surface area contributed by atoms with Gasteiger partial charge in [-0.2, -0.15) is 0 Å². The Hall–Kier alpha value is -3.67. The summed E-state index contributed by atoms with van der Waals surface area (Å²) in [6, 6.07) is 19.8. The second-order valence-electron chi connectivity index (χ2n) is 7.94. The predicted molar refractivity (Wildman–Crippen MR) is 126 cm³/mol. The predicted octanol–water partition coefficient (Wildman–Crippen LogP) is 4.87. The van der Waals surface area contributed by atoms with E-state index in [-0.39, 0.29) is 5.91 Å². The molecule has 32 heavy (non-hydrogen) atoms. The van der Waals surface area contributed by atoms with Crippen molar-refractivity contribution < 1.29 is 9.53 Å². The highest BCUT2D eigenvalue weighted by atomic mass is 16.5. The quantitative estimate of drug-likeness (QED) is 0.357. The molecule has 0 aliphatic carbocycles. The van der Waals surface area contributed by atoms with Crippen LogP contribution in [-0.4, -0.2) is 39.0 Å². The Morgan fingerprint density at radius 2 is 1.94 bits per heavy atom. The smallest absolute Gasteiger partial charge is 0.255 e. The normalized spacial score (nSPS) is 10.9. The van der Waals surface area contributed by atoms with Gasteiger partial charge in [-0.05, 0) is 61.7 Å². The Morgan fingerprint density at radius 3 is 2.75 bits per heavy atom. The third-order valence-electron chi connectivity index (χ3n) is 5.40. The molecular weight excluding hydrogens is 400 g/mol. The number of unbranched alkanes of at least 4 members (excludes halogenated alkanes) is 1. The molecule has 1 amide bonds. The molecule has 0 saturated heterocycles. The molecule has 2 heterocycles. The lowest BCUT2D eigenvalue weighted by atomic mass is 10.2. The first kappa shape index (κ1) is 21.6. The average Bonchev–Trinajstić information content (AvgIpc) is 3.16. The lowest BCUT2D eigenvalue weighted by Gasteiger charge is -2.18. The van der Waals surface area contributed by atoms with Crippen molar-refractivity contribution >= 4 is 16.9 Å². The monoisotopic (exact) mass is 428 g/mol. The molecule has 0 aliphatic rings. The van der Waals surface area contributed by atoms with Crippen molar-refractivity contribution in [3.8, 4) is 5.75 Å². The number of ether oxygens (including phenoxy) is 1. The van der Waals surface area contributed by atoms with Crippen molar-refractivity contribution in [3.63, 3.8) is 0 Å². The zero-order chi connectivity index (χ0) is 22.3. The maximum absolute atomic E-state index is 12.8. The van der Waals surface area contributed by atoms with E-state index in [1.54, 1.807) is 36.5 Å². The summed E-state index contributed by atoms with van der Waals surface area (Å²) in [6.45, 7) is 3.99. The van der Waals surface area contributed by atoms with E-state index in [1.165, 1.54) is 5.56 Å². The van der Waals surface area contributed by atoms with E-state index in [9.17, 15) is 4.79 Å². The van der Waals surface area contributed by atoms with Gasteiger partial charge >= 0.3 is 0 Å². The molecule has 2 aromatic heterocycles. The van der Waals surface area contributed by atoms with Crippen LogP contribution in [0.5, 0.6) is 5.75 Å². The van der Waals surface area contributed by atoms with E-state index >= 15 is 0 Å². The van der Waals surface area contributed by atoms with Gasteiger partial charge in [-0.1, -0.05) is 24.3 Å². The molecule has 0 radical (unpaired) electrons. The van der Waals surface area contributed by atoms with Crippen molar-refractivity contribution in [1.82, 2.24) is 19.4 Å². The molecule has 0 atom stereocenters. The number of benzene rings is 2. The summed E-state index contributed by atoms with van der Waals surface area (Å²) < 4.78 is 8.10. The first-order valence-electron chi connectivity index (χ1n) is 10.9. The van der Waals surface area contributed by atoms with Crippen LogP contribution >= 0.6 is 0 Å². The third-order valence-corrected chi connectivity index (χ3v) is 5.40. The van der Waals surface area contributed by atoms with Gasteiger partial charge in [0.2, 0.25) is 0 Å². The second kappa shape index (κ2) is 10.1. The van der Waals surface area contributed by atoms with Crippen LogP contribution in [0.25, 0.3) is 11.0 Å². The first-order chi connectivity index (χ1) is 15.6. The van der Waals surface area contributed by atoms with Crippen molar-refractivity contribution in [3.05, 3.63) is 90.0 Å². The maximum Gasteiger partial charge on any atom is 0.255 e. The van der Waals surface area contributed by atoms with Crippen LogP contribution in [0.4, 0.5) is 0 Å². The summed E-state index contributed by atoms with van der Waals surface area (Å²) >= 11 is 0. The number of fused-ring (bicyclic) bond motifs is 1. The molecule has 2 aromatic carbocycles. The highest BCUT2D eigenvalue weighted by molar-refractivity contribution is 5.93. The Balaban J connectivity index is 1.41. The minimum absolute atomic E-state index is 0.0664. The van der Waals surface area contributed by atoms with Crippen molar-refractivity contribution in [2.45, 2.75) is 32.9 Å². The van der Waals surface area contributed by atoms with Crippen LogP contribution in [0.3, 0.4) is 0 Å². The molecule has 4 rings (SSSR count). The summed E-state index contributed by atoms with van der Waals surface area (Å²) in [6.07, 6.45) is 5.15.